The Kier molecular flexibility index (Phi) is 6.37. The molecule has 4 rings (SSSR count). The van der Waals surface area contributed by atoms with Gasteiger partial charge in [-0.1, -0.05) is 0 Å². The van der Waals surface area contributed by atoms with Crippen LogP contribution >= 0.6 is 0 Å². The van der Waals surface area contributed by atoms with E-state index in [0.29, 0.717) is 36.9 Å². The van der Waals surface area contributed by atoms with Crippen molar-refractivity contribution in [1.82, 2.24) is 14.2 Å². The van der Waals surface area contributed by atoms with Gasteiger partial charge < -0.3 is 9.64 Å². The summed E-state index contributed by atoms with van der Waals surface area (Å²) in [6.07, 6.45) is -0.488. The Morgan fingerprint density at radius 1 is 1.16 bits per heavy atom. The minimum Gasteiger partial charge on any atom is -0.381 e. The molecule has 0 aromatic carbocycles. The summed E-state index contributed by atoms with van der Waals surface area (Å²) in [5, 5.41) is 0. The van der Waals surface area contributed by atoms with Gasteiger partial charge in [0.2, 0.25) is 10.0 Å². The summed E-state index contributed by atoms with van der Waals surface area (Å²) in [6.45, 7) is 4.88. The summed E-state index contributed by atoms with van der Waals surface area (Å²) in [5.41, 5.74) is -1.18. The molecule has 0 N–H and O–H groups in total. The number of alkyl halides is 3. The van der Waals surface area contributed by atoms with Gasteiger partial charge in [-0.15, -0.1) is 0 Å². The number of rotatable bonds is 5. The molecule has 2 saturated heterocycles. The molecule has 1 unspecified atom stereocenters. The number of ether oxygens (including phenoxy) is 1. The van der Waals surface area contributed by atoms with E-state index in [1.54, 1.807) is 0 Å². The van der Waals surface area contributed by atoms with Gasteiger partial charge in [0, 0.05) is 38.9 Å². The molecule has 0 bridgehead atoms. The van der Waals surface area contributed by atoms with E-state index >= 15 is 0 Å². The zero-order valence-electron chi connectivity index (χ0n) is 17.9. The second-order valence-corrected chi connectivity index (χ2v) is 11.1. The van der Waals surface area contributed by atoms with E-state index in [0.717, 1.165) is 57.6 Å². The molecule has 0 amide bonds. The van der Waals surface area contributed by atoms with Gasteiger partial charge in [0.1, 0.15) is 10.6 Å². The Bertz CT molecular complexity index is 889. The molecule has 1 saturated carbocycles. The van der Waals surface area contributed by atoms with Gasteiger partial charge >= 0.3 is 6.18 Å². The van der Waals surface area contributed by atoms with Crippen LogP contribution in [0.3, 0.4) is 0 Å². The minimum absolute atomic E-state index is 0.110. The smallest absolute Gasteiger partial charge is 0.381 e. The first-order valence-corrected chi connectivity index (χ1v) is 12.3. The lowest BCUT2D eigenvalue weighted by Gasteiger charge is -2.31. The molecular weight excluding hydrogens is 431 g/mol. The summed E-state index contributed by atoms with van der Waals surface area (Å²) < 4.78 is 71.7. The van der Waals surface area contributed by atoms with Crippen molar-refractivity contribution in [2.24, 2.45) is 17.8 Å². The van der Waals surface area contributed by atoms with Gasteiger partial charge in [0.25, 0.3) is 0 Å². The van der Waals surface area contributed by atoms with Gasteiger partial charge in [-0.25, -0.2) is 13.4 Å². The maximum absolute atomic E-state index is 13.1. The van der Waals surface area contributed by atoms with Crippen LogP contribution in [0.2, 0.25) is 0 Å². The zero-order valence-corrected chi connectivity index (χ0v) is 18.8. The average molecular weight is 462 g/mol. The summed E-state index contributed by atoms with van der Waals surface area (Å²) in [4.78, 5) is 5.80. The van der Waals surface area contributed by atoms with Crippen molar-refractivity contribution < 1.29 is 26.3 Å². The second-order valence-electron chi connectivity index (χ2n) is 9.24. The quantitative estimate of drug-likeness (QED) is 0.674. The van der Waals surface area contributed by atoms with Crippen molar-refractivity contribution in [3.8, 4) is 0 Å². The predicted molar refractivity (Wildman–Crippen MR) is 109 cm³/mol. The third kappa shape index (κ3) is 4.77. The van der Waals surface area contributed by atoms with Crippen LogP contribution in [0.4, 0.5) is 13.2 Å². The Labute approximate surface area is 181 Å². The molecule has 1 aliphatic carbocycles. The van der Waals surface area contributed by atoms with E-state index in [1.165, 1.54) is 11.2 Å². The maximum atomic E-state index is 13.1. The molecule has 3 heterocycles. The molecule has 3 fully saturated rings. The van der Waals surface area contributed by atoms with Gasteiger partial charge in [0.15, 0.2) is 0 Å². The van der Waals surface area contributed by atoms with E-state index in [9.17, 15) is 21.6 Å². The third-order valence-electron chi connectivity index (χ3n) is 7.15. The average Bonchev–Trinajstić information content (AvgIpc) is 3.27. The van der Waals surface area contributed by atoms with Crippen molar-refractivity contribution >= 4 is 10.0 Å². The molecule has 0 radical (unpaired) electrons. The first-order chi connectivity index (χ1) is 14.6. The van der Waals surface area contributed by atoms with Crippen LogP contribution in [0.1, 0.15) is 37.1 Å². The van der Waals surface area contributed by atoms with E-state index in [-0.39, 0.29) is 10.6 Å². The highest BCUT2D eigenvalue weighted by Gasteiger charge is 2.46. The standard InChI is InChI=1S/C21H30F3N3O3S/c1-14-19(3-4-20(25-14)21(22,23)24)31(28,29)27-12-16-9-18(10-17(16)13-27)26(2)11-15-5-7-30-8-6-15/h3-4,15-18H,5-13H2,1-2H3/t16-,17+,18?. The van der Waals surface area contributed by atoms with Gasteiger partial charge in [-0.3, -0.25) is 0 Å². The van der Waals surface area contributed by atoms with E-state index in [1.807, 2.05) is 0 Å². The fourth-order valence-electron chi connectivity index (χ4n) is 5.38. The third-order valence-corrected chi connectivity index (χ3v) is 9.11. The van der Waals surface area contributed by atoms with Gasteiger partial charge in [0.05, 0.1) is 5.69 Å². The van der Waals surface area contributed by atoms with Gasteiger partial charge in [-0.05, 0) is 69.5 Å². The number of pyridine rings is 1. The van der Waals surface area contributed by atoms with Crippen molar-refractivity contribution in [2.75, 3.05) is 39.9 Å². The number of aromatic nitrogens is 1. The number of nitrogens with zero attached hydrogens (tertiary/aromatic N) is 3. The Hall–Kier alpha value is -1.23. The van der Waals surface area contributed by atoms with Crippen LogP contribution in [0.25, 0.3) is 0 Å². The number of sulfonamides is 1. The monoisotopic (exact) mass is 461 g/mol. The van der Waals surface area contributed by atoms with Crippen molar-refractivity contribution in [1.29, 1.82) is 0 Å². The lowest BCUT2D eigenvalue weighted by molar-refractivity contribution is -0.141. The zero-order chi connectivity index (χ0) is 22.4. The van der Waals surface area contributed by atoms with Crippen molar-refractivity contribution in [3.63, 3.8) is 0 Å². The normalized spacial score (nSPS) is 28.4. The molecule has 31 heavy (non-hydrogen) atoms. The first kappa shape index (κ1) is 22.9. The summed E-state index contributed by atoms with van der Waals surface area (Å²) in [7, 11) is -1.70. The highest BCUT2D eigenvalue weighted by Crippen LogP contribution is 2.42. The molecule has 1 aromatic heterocycles. The largest absolute Gasteiger partial charge is 0.433 e. The highest BCUT2D eigenvalue weighted by atomic mass is 32.2. The molecule has 3 aliphatic rings. The van der Waals surface area contributed by atoms with Crippen LogP contribution < -0.4 is 0 Å². The molecule has 3 atom stereocenters. The number of hydrogen-bond acceptors (Lipinski definition) is 5. The summed E-state index contributed by atoms with van der Waals surface area (Å²) in [5.74, 6) is 1.24. The predicted octanol–water partition coefficient (Wildman–Crippen LogP) is 3.17. The Balaban J connectivity index is 1.39. The molecule has 2 aliphatic heterocycles. The molecular formula is C21H30F3N3O3S. The lowest BCUT2D eigenvalue weighted by Crippen LogP contribution is -2.37. The van der Waals surface area contributed by atoms with Crippen molar-refractivity contribution in [3.05, 3.63) is 23.5 Å². The highest BCUT2D eigenvalue weighted by molar-refractivity contribution is 7.89. The van der Waals surface area contributed by atoms with Crippen LogP contribution in [-0.4, -0.2) is 68.5 Å². The molecule has 10 heteroatoms. The van der Waals surface area contributed by atoms with Gasteiger partial charge in [-0.2, -0.15) is 17.5 Å². The van der Waals surface area contributed by atoms with Crippen LogP contribution in [0.5, 0.6) is 0 Å². The number of aryl methyl sites for hydroxylation is 1. The van der Waals surface area contributed by atoms with Crippen molar-refractivity contribution in [2.45, 2.75) is 49.7 Å². The Morgan fingerprint density at radius 3 is 2.32 bits per heavy atom. The Morgan fingerprint density at radius 2 is 1.77 bits per heavy atom. The molecule has 0 spiro atoms. The second kappa shape index (κ2) is 8.61. The lowest BCUT2D eigenvalue weighted by atomic mass is 9.99. The summed E-state index contributed by atoms with van der Waals surface area (Å²) >= 11 is 0. The first-order valence-electron chi connectivity index (χ1n) is 10.9. The number of halogens is 3. The van der Waals surface area contributed by atoms with Crippen LogP contribution in [-0.2, 0) is 20.9 Å². The fraction of sp³-hybridized carbons (Fsp3) is 0.762. The van der Waals surface area contributed by atoms with E-state index in [2.05, 4.69) is 16.9 Å². The SMILES string of the molecule is Cc1nc(C(F)(F)F)ccc1S(=O)(=O)N1C[C@H]2CC(N(C)CC3CCOCC3)C[C@H]2C1. The number of fused-ring (bicyclic) bond motifs is 1. The van der Waals surface area contributed by atoms with Crippen LogP contribution in [0.15, 0.2) is 17.0 Å². The maximum Gasteiger partial charge on any atom is 0.433 e. The number of hydrogen-bond donors (Lipinski definition) is 0. The minimum atomic E-state index is -4.59. The topological polar surface area (TPSA) is 62.7 Å². The molecule has 1 aromatic rings. The van der Waals surface area contributed by atoms with E-state index < -0.39 is 21.9 Å². The van der Waals surface area contributed by atoms with E-state index in [4.69, 9.17) is 4.74 Å². The van der Waals surface area contributed by atoms with Crippen LogP contribution in [0, 0.1) is 24.7 Å². The molecule has 174 valence electrons. The molecule has 6 nitrogen and oxygen atoms in total. The summed E-state index contributed by atoms with van der Waals surface area (Å²) in [6, 6.07) is 2.24. The fourth-order valence-corrected chi connectivity index (χ4v) is 7.10.